The van der Waals surface area contributed by atoms with Crippen molar-refractivity contribution in [2.75, 3.05) is 13.7 Å². The average Bonchev–Trinajstić information content (AvgIpc) is 2.62. The molecular weight excluding hydrogens is 178 g/mol. The first-order valence-electron chi connectivity index (χ1n) is 4.87. The minimum atomic E-state index is 0.217. The van der Waals surface area contributed by atoms with Gasteiger partial charge in [0.15, 0.2) is 0 Å². The lowest BCUT2D eigenvalue weighted by Crippen LogP contribution is -2.13. The second kappa shape index (κ2) is 3.98. The minimum Gasteiger partial charge on any atom is -0.496 e. The molecule has 0 aromatic heterocycles. The summed E-state index contributed by atoms with van der Waals surface area (Å²) in [6, 6.07) is 6.35. The summed E-state index contributed by atoms with van der Waals surface area (Å²) in [4.78, 5) is 0. The van der Waals surface area contributed by atoms with Gasteiger partial charge in [-0.05, 0) is 18.1 Å². The van der Waals surface area contributed by atoms with E-state index in [4.69, 9.17) is 9.84 Å². The Morgan fingerprint density at radius 3 is 3.14 bits per heavy atom. The number of hydrogen-bond donors (Lipinski definition) is 2. The van der Waals surface area contributed by atoms with Gasteiger partial charge in [0, 0.05) is 24.8 Å². The van der Waals surface area contributed by atoms with Gasteiger partial charge in [0.25, 0.3) is 0 Å². The van der Waals surface area contributed by atoms with Crippen LogP contribution in [0.5, 0.6) is 5.75 Å². The van der Waals surface area contributed by atoms with Gasteiger partial charge in [-0.15, -0.1) is 0 Å². The van der Waals surface area contributed by atoms with E-state index < -0.39 is 0 Å². The number of nitrogens with one attached hydrogen (secondary N) is 1. The summed E-state index contributed by atoms with van der Waals surface area (Å²) in [6.45, 7) is 1.05. The predicted molar refractivity (Wildman–Crippen MR) is 54.3 cm³/mol. The van der Waals surface area contributed by atoms with Gasteiger partial charge in [-0.2, -0.15) is 0 Å². The van der Waals surface area contributed by atoms with Crippen LogP contribution in [0.3, 0.4) is 0 Å². The van der Waals surface area contributed by atoms with E-state index in [2.05, 4.69) is 11.4 Å². The molecule has 2 N–H and O–H groups in total. The van der Waals surface area contributed by atoms with Crippen molar-refractivity contribution in [2.24, 2.45) is 0 Å². The highest BCUT2D eigenvalue weighted by atomic mass is 16.5. The zero-order valence-electron chi connectivity index (χ0n) is 8.29. The minimum absolute atomic E-state index is 0.217. The maximum atomic E-state index is 8.91. The number of hydrogen-bond acceptors (Lipinski definition) is 3. The van der Waals surface area contributed by atoms with Crippen LogP contribution in [0, 0.1) is 0 Å². The van der Waals surface area contributed by atoms with Gasteiger partial charge in [0.1, 0.15) is 5.75 Å². The summed E-state index contributed by atoms with van der Waals surface area (Å²) in [5.41, 5.74) is 2.49. The molecule has 0 saturated heterocycles. The largest absolute Gasteiger partial charge is 0.496 e. The lowest BCUT2D eigenvalue weighted by molar-refractivity contribution is 0.269. The quantitative estimate of drug-likeness (QED) is 0.758. The van der Waals surface area contributed by atoms with Gasteiger partial charge in [-0.1, -0.05) is 12.1 Å². The lowest BCUT2D eigenvalue weighted by atomic mass is 10.0. The van der Waals surface area contributed by atoms with E-state index in [0.717, 1.165) is 18.7 Å². The maximum Gasteiger partial charge on any atom is 0.123 e. The smallest absolute Gasteiger partial charge is 0.123 e. The van der Waals surface area contributed by atoms with Gasteiger partial charge in [-0.25, -0.2) is 0 Å². The van der Waals surface area contributed by atoms with Gasteiger partial charge >= 0.3 is 0 Å². The molecule has 0 unspecified atom stereocenters. The van der Waals surface area contributed by atoms with Crippen molar-refractivity contribution in [1.82, 2.24) is 5.32 Å². The first-order valence-corrected chi connectivity index (χ1v) is 4.87. The molecule has 0 spiro atoms. The number of aliphatic hydroxyl groups excluding tert-OH is 1. The van der Waals surface area contributed by atoms with Crippen LogP contribution in [-0.2, 0) is 6.54 Å². The van der Waals surface area contributed by atoms with Crippen molar-refractivity contribution in [2.45, 2.75) is 19.0 Å². The summed E-state index contributed by atoms with van der Waals surface area (Å²) in [6.07, 6.45) is 0.764. The zero-order valence-corrected chi connectivity index (χ0v) is 8.29. The molecule has 0 saturated carbocycles. The number of benzene rings is 1. The van der Waals surface area contributed by atoms with Crippen LogP contribution in [-0.4, -0.2) is 18.8 Å². The molecule has 0 fully saturated rings. The van der Waals surface area contributed by atoms with E-state index in [-0.39, 0.29) is 12.6 Å². The highest BCUT2D eigenvalue weighted by molar-refractivity contribution is 5.44. The average molecular weight is 193 g/mol. The molecule has 14 heavy (non-hydrogen) atoms. The molecule has 0 amide bonds. The Labute approximate surface area is 83.7 Å². The molecule has 1 aromatic carbocycles. The topological polar surface area (TPSA) is 41.5 Å². The van der Waals surface area contributed by atoms with Crippen molar-refractivity contribution >= 4 is 0 Å². The van der Waals surface area contributed by atoms with E-state index in [1.54, 1.807) is 7.11 Å². The molecular formula is C11H15NO2. The van der Waals surface area contributed by atoms with Crippen molar-refractivity contribution < 1.29 is 9.84 Å². The molecule has 1 aliphatic rings. The molecule has 0 aliphatic carbocycles. The standard InChI is InChI=1S/C11H15NO2/c1-14-11-4-2-3-8-9(11)7-12-10(8)5-6-13/h2-4,10,12-13H,5-7H2,1H3/t10-/m1/s1. The number of methoxy groups -OCH3 is 1. The zero-order chi connectivity index (χ0) is 9.97. The van der Waals surface area contributed by atoms with Crippen molar-refractivity contribution in [3.63, 3.8) is 0 Å². The highest BCUT2D eigenvalue weighted by Gasteiger charge is 2.23. The fourth-order valence-corrected chi connectivity index (χ4v) is 2.01. The molecule has 3 nitrogen and oxygen atoms in total. The highest BCUT2D eigenvalue weighted by Crippen LogP contribution is 2.33. The maximum absolute atomic E-state index is 8.91. The SMILES string of the molecule is COc1cccc2c1CN[C@@H]2CCO. The monoisotopic (exact) mass is 193 g/mol. The first kappa shape index (κ1) is 9.49. The summed E-state index contributed by atoms with van der Waals surface area (Å²) < 4.78 is 5.28. The summed E-state index contributed by atoms with van der Waals surface area (Å²) in [5.74, 6) is 0.940. The molecule has 1 aromatic rings. The molecule has 1 aliphatic heterocycles. The number of rotatable bonds is 3. The van der Waals surface area contributed by atoms with Crippen molar-refractivity contribution in [3.05, 3.63) is 29.3 Å². The Kier molecular flexibility index (Phi) is 2.70. The van der Waals surface area contributed by atoms with Crippen LogP contribution in [0.25, 0.3) is 0 Å². The van der Waals surface area contributed by atoms with Crippen molar-refractivity contribution in [1.29, 1.82) is 0 Å². The molecule has 3 heteroatoms. The molecule has 76 valence electrons. The van der Waals surface area contributed by atoms with Crippen LogP contribution in [0.4, 0.5) is 0 Å². The van der Waals surface area contributed by atoms with E-state index >= 15 is 0 Å². The molecule has 1 heterocycles. The van der Waals surface area contributed by atoms with Crippen molar-refractivity contribution in [3.8, 4) is 5.75 Å². The second-order valence-corrected chi connectivity index (χ2v) is 3.47. The summed E-state index contributed by atoms with van der Waals surface area (Å²) >= 11 is 0. The Morgan fingerprint density at radius 1 is 1.57 bits per heavy atom. The second-order valence-electron chi connectivity index (χ2n) is 3.47. The van der Waals surface area contributed by atoms with Crippen LogP contribution in [0.2, 0.25) is 0 Å². The molecule has 0 bridgehead atoms. The van der Waals surface area contributed by atoms with Gasteiger partial charge < -0.3 is 15.2 Å². The Hall–Kier alpha value is -1.06. The lowest BCUT2D eigenvalue weighted by Gasteiger charge is -2.10. The fraction of sp³-hybridized carbons (Fsp3) is 0.455. The number of fused-ring (bicyclic) bond motifs is 1. The first-order chi connectivity index (χ1) is 6.86. The van der Waals surface area contributed by atoms with Crippen LogP contribution < -0.4 is 10.1 Å². The summed E-state index contributed by atoms with van der Waals surface area (Å²) in [7, 11) is 1.69. The molecule has 1 atom stereocenters. The number of aliphatic hydroxyl groups is 1. The van der Waals surface area contributed by atoms with E-state index in [1.807, 2.05) is 12.1 Å². The van der Waals surface area contributed by atoms with E-state index in [1.165, 1.54) is 11.1 Å². The van der Waals surface area contributed by atoms with Gasteiger partial charge in [0.05, 0.1) is 7.11 Å². The van der Waals surface area contributed by atoms with Crippen LogP contribution in [0.1, 0.15) is 23.6 Å². The summed E-state index contributed by atoms with van der Waals surface area (Å²) in [5, 5.41) is 12.3. The fourth-order valence-electron chi connectivity index (χ4n) is 2.01. The third kappa shape index (κ3) is 1.49. The third-order valence-electron chi connectivity index (χ3n) is 2.71. The van der Waals surface area contributed by atoms with Gasteiger partial charge in [-0.3, -0.25) is 0 Å². The third-order valence-corrected chi connectivity index (χ3v) is 2.71. The Morgan fingerprint density at radius 2 is 2.43 bits per heavy atom. The van der Waals surface area contributed by atoms with E-state index in [9.17, 15) is 0 Å². The van der Waals surface area contributed by atoms with Gasteiger partial charge in [0.2, 0.25) is 0 Å². The predicted octanol–water partition coefficient (Wildman–Crippen LogP) is 1.22. The van der Waals surface area contributed by atoms with Crippen LogP contribution in [0.15, 0.2) is 18.2 Å². The Bertz CT molecular complexity index is 325. The number of ether oxygens (including phenoxy) is 1. The normalized spacial score (nSPS) is 19.4. The molecule has 2 rings (SSSR count). The molecule has 0 radical (unpaired) electrons. The van der Waals surface area contributed by atoms with Crippen LogP contribution >= 0.6 is 0 Å². The Balaban J connectivity index is 2.31. The van der Waals surface area contributed by atoms with E-state index in [0.29, 0.717) is 0 Å².